The van der Waals surface area contributed by atoms with Crippen molar-refractivity contribution < 1.29 is 0 Å². The number of nitrogens with zero attached hydrogens (tertiary/aromatic N) is 2. The van der Waals surface area contributed by atoms with Crippen molar-refractivity contribution in [3.8, 4) is 55.9 Å². The van der Waals surface area contributed by atoms with Crippen molar-refractivity contribution >= 4 is 44.9 Å². The Kier molecular flexibility index (Phi) is 8.64. The average Bonchev–Trinajstić information content (AvgIpc) is 3.96. The van der Waals surface area contributed by atoms with Crippen molar-refractivity contribution in [2.24, 2.45) is 0 Å². The maximum atomic E-state index is 2.50. The first-order valence-electron chi connectivity index (χ1n) is 23.4. The highest BCUT2D eigenvalue weighted by molar-refractivity contribution is 6.10. The normalized spacial score (nSPS) is 14.7. The second-order valence-corrected chi connectivity index (χ2v) is 19.0. The third kappa shape index (κ3) is 6.02. The van der Waals surface area contributed by atoms with Crippen LogP contribution < -0.4 is 10.6 Å². The van der Waals surface area contributed by atoms with Gasteiger partial charge in [-0.05, 0) is 135 Å². The van der Waals surface area contributed by atoms with Crippen LogP contribution >= 0.6 is 0 Å². The molecule has 1 unspecified atom stereocenters. The van der Waals surface area contributed by atoms with Gasteiger partial charge in [0.15, 0.2) is 0 Å². The molecule has 0 bridgehead atoms. The molecule has 2 heteroatoms. The zero-order chi connectivity index (χ0) is 44.1. The van der Waals surface area contributed by atoms with Gasteiger partial charge >= 0.3 is 0 Å². The first-order chi connectivity index (χ1) is 32.4. The van der Waals surface area contributed by atoms with Gasteiger partial charge in [-0.3, -0.25) is 0 Å². The van der Waals surface area contributed by atoms with E-state index in [0.29, 0.717) is 5.92 Å². The van der Waals surface area contributed by atoms with Gasteiger partial charge in [0.25, 0.3) is 0 Å². The van der Waals surface area contributed by atoms with Crippen molar-refractivity contribution in [1.29, 1.82) is 0 Å². The van der Waals surface area contributed by atoms with Crippen molar-refractivity contribution in [3.63, 3.8) is 0 Å². The molecule has 0 aliphatic heterocycles. The summed E-state index contributed by atoms with van der Waals surface area (Å²) in [7, 11) is 0. The molecule has 0 amide bonds. The molecule has 9 aromatic carbocycles. The van der Waals surface area contributed by atoms with Gasteiger partial charge in [-0.15, -0.1) is 0 Å². The van der Waals surface area contributed by atoms with Gasteiger partial charge in [0, 0.05) is 49.4 Å². The Morgan fingerprint density at radius 1 is 0.424 bits per heavy atom. The van der Waals surface area contributed by atoms with Crippen LogP contribution in [0, 0.1) is 6.92 Å². The molecular weight excluding hydrogens is 797 g/mol. The molecule has 0 radical (unpaired) electrons. The summed E-state index contributed by atoms with van der Waals surface area (Å²) in [6.45, 7) is 6.93. The minimum absolute atomic E-state index is 0.132. The van der Waals surface area contributed by atoms with Crippen LogP contribution in [-0.4, -0.2) is 9.13 Å². The summed E-state index contributed by atoms with van der Waals surface area (Å²) in [5.74, 6) is 0.325. The van der Waals surface area contributed by atoms with Crippen LogP contribution in [0.15, 0.2) is 206 Å². The van der Waals surface area contributed by atoms with Gasteiger partial charge in [-0.2, -0.15) is 0 Å². The molecular formula is C64H48N2. The zero-order valence-corrected chi connectivity index (χ0v) is 37.5. The van der Waals surface area contributed by atoms with Crippen LogP contribution in [0.3, 0.4) is 0 Å². The topological polar surface area (TPSA) is 9.86 Å². The second kappa shape index (κ2) is 14.8. The number of fused-ring (bicyclic) bond motifs is 9. The number of hydrogen-bond acceptors (Lipinski definition) is 0. The summed E-state index contributed by atoms with van der Waals surface area (Å²) in [5, 5.41) is 6.49. The van der Waals surface area contributed by atoms with Gasteiger partial charge in [-0.1, -0.05) is 177 Å². The molecule has 2 aromatic heterocycles. The summed E-state index contributed by atoms with van der Waals surface area (Å²) in [4.78, 5) is 0. The fourth-order valence-corrected chi connectivity index (χ4v) is 11.3. The number of para-hydroxylation sites is 3. The molecule has 2 nitrogen and oxygen atoms in total. The number of rotatable bonds is 6. The molecule has 11 aromatic rings. The van der Waals surface area contributed by atoms with E-state index in [2.05, 4.69) is 248 Å². The molecule has 13 rings (SSSR count). The number of aryl methyl sites for hydroxylation is 1. The predicted octanol–water partition coefficient (Wildman–Crippen LogP) is 15.1. The van der Waals surface area contributed by atoms with E-state index in [1.807, 2.05) is 0 Å². The summed E-state index contributed by atoms with van der Waals surface area (Å²) in [5.41, 5.74) is 21.5. The number of benzene rings is 9. The molecule has 1 atom stereocenters. The second-order valence-electron chi connectivity index (χ2n) is 19.0. The van der Waals surface area contributed by atoms with Gasteiger partial charge in [0.05, 0.1) is 16.6 Å². The molecule has 0 spiro atoms. The van der Waals surface area contributed by atoms with Gasteiger partial charge in [-0.25, -0.2) is 0 Å². The lowest BCUT2D eigenvalue weighted by Gasteiger charge is -2.23. The zero-order valence-electron chi connectivity index (χ0n) is 37.5. The van der Waals surface area contributed by atoms with Gasteiger partial charge in [0.2, 0.25) is 0 Å². The molecule has 66 heavy (non-hydrogen) atoms. The summed E-state index contributed by atoms with van der Waals surface area (Å²) < 4.78 is 4.81. The first-order valence-corrected chi connectivity index (χ1v) is 23.4. The Morgan fingerprint density at radius 2 is 0.924 bits per heavy atom. The summed E-state index contributed by atoms with van der Waals surface area (Å²) in [6.07, 6.45) is 5.93. The van der Waals surface area contributed by atoms with Crippen molar-refractivity contribution in [2.75, 3.05) is 0 Å². The Hall–Kier alpha value is -7.94. The van der Waals surface area contributed by atoms with Gasteiger partial charge < -0.3 is 9.13 Å². The van der Waals surface area contributed by atoms with Crippen molar-refractivity contribution in [1.82, 2.24) is 9.13 Å². The van der Waals surface area contributed by atoms with E-state index >= 15 is 0 Å². The van der Waals surface area contributed by atoms with Crippen LogP contribution in [0.5, 0.6) is 0 Å². The lowest BCUT2D eigenvalue weighted by Crippen LogP contribution is -2.31. The van der Waals surface area contributed by atoms with E-state index in [0.717, 1.165) is 6.42 Å². The number of hydrogen-bond donors (Lipinski definition) is 0. The van der Waals surface area contributed by atoms with E-state index in [9.17, 15) is 0 Å². The predicted molar refractivity (Wildman–Crippen MR) is 278 cm³/mol. The Bertz CT molecular complexity index is 3840. The fraction of sp³-hybridized carbons (Fsp3) is 0.0938. The minimum Gasteiger partial charge on any atom is -0.310 e. The molecule has 0 saturated heterocycles. The molecule has 2 aliphatic carbocycles. The molecule has 2 heterocycles. The Morgan fingerprint density at radius 3 is 1.58 bits per heavy atom. The maximum absolute atomic E-state index is 2.50. The summed E-state index contributed by atoms with van der Waals surface area (Å²) in [6, 6.07) is 76.7. The summed E-state index contributed by atoms with van der Waals surface area (Å²) >= 11 is 0. The minimum atomic E-state index is -0.132. The Balaban J connectivity index is 0.769. The van der Waals surface area contributed by atoms with Crippen LogP contribution in [0.2, 0.25) is 0 Å². The van der Waals surface area contributed by atoms with E-state index in [1.54, 1.807) is 0 Å². The number of aromatic nitrogens is 2. The standard InChI is InChI=1S/C64H48N2/c1-41-17-31-51(32-18-41)66-61-16-10-8-14-55(61)57-38-47(30-36-63(57)66)43-21-25-45(26-22-43)49-28-34-53-52-33-27-48(39-58(52)64(2,3)59(53)40-49)44-23-19-42(20-24-44)46-29-35-62-56(37-46)54-13-7-9-15-60(54)65(62)50-11-5-4-6-12-50/h4-29,31-40,47H,30H2,1-3H3. The lowest BCUT2D eigenvalue weighted by molar-refractivity contribution is 0.661. The first kappa shape index (κ1) is 38.5. The van der Waals surface area contributed by atoms with Crippen LogP contribution in [-0.2, 0) is 5.41 Å². The van der Waals surface area contributed by atoms with Crippen LogP contribution in [0.1, 0.15) is 48.4 Å². The third-order valence-corrected chi connectivity index (χ3v) is 14.8. The molecule has 2 aliphatic rings. The Labute approximate surface area is 385 Å². The SMILES string of the molecule is Cc1ccc(-n2c3c(c4ccccc42)=CC(c2ccc(-c4ccc5c(c4)C(C)(C)c4cc(-c6ccc(-c7ccc8c(c7)c7ccccc7n8-c7ccccc7)cc6)ccc4-5)cc2)CC=3)cc1. The molecule has 0 fully saturated rings. The van der Waals surface area contributed by atoms with E-state index in [-0.39, 0.29) is 5.41 Å². The van der Waals surface area contributed by atoms with E-state index in [4.69, 9.17) is 0 Å². The quantitative estimate of drug-likeness (QED) is 0.158. The largest absolute Gasteiger partial charge is 0.310 e. The molecule has 314 valence electrons. The highest BCUT2D eigenvalue weighted by Crippen LogP contribution is 2.51. The van der Waals surface area contributed by atoms with E-state index in [1.165, 1.54) is 121 Å². The monoisotopic (exact) mass is 844 g/mol. The highest BCUT2D eigenvalue weighted by atomic mass is 15.0. The maximum Gasteiger partial charge on any atom is 0.0541 e. The average molecular weight is 845 g/mol. The third-order valence-electron chi connectivity index (χ3n) is 14.8. The van der Waals surface area contributed by atoms with E-state index < -0.39 is 0 Å². The van der Waals surface area contributed by atoms with Crippen LogP contribution in [0.4, 0.5) is 0 Å². The fourth-order valence-electron chi connectivity index (χ4n) is 11.3. The molecule has 0 saturated carbocycles. The van der Waals surface area contributed by atoms with Crippen molar-refractivity contribution in [2.45, 2.75) is 38.5 Å². The highest BCUT2D eigenvalue weighted by Gasteiger charge is 2.36. The van der Waals surface area contributed by atoms with Crippen molar-refractivity contribution in [3.05, 3.63) is 239 Å². The lowest BCUT2D eigenvalue weighted by atomic mass is 9.80. The smallest absolute Gasteiger partial charge is 0.0541 e. The van der Waals surface area contributed by atoms with Gasteiger partial charge in [0.1, 0.15) is 0 Å². The molecule has 0 N–H and O–H groups in total. The van der Waals surface area contributed by atoms with Crippen LogP contribution in [0.25, 0.3) is 101 Å².